The van der Waals surface area contributed by atoms with Gasteiger partial charge in [0.15, 0.2) is 5.88 Å². The van der Waals surface area contributed by atoms with Crippen LogP contribution in [0, 0.1) is 6.92 Å². The smallest absolute Gasteiger partial charge is 0.198 e. The van der Waals surface area contributed by atoms with Gasteiger partial charge in [-0.1, -0.05) is 6.07 Å². The van der Waals surface area contributed by atoms with Crippen LogP contribution in [0.2, 0.25) is 0 Å². The molecule has 0 bridgehead atoms. The van der Waals surface area contributed by atoms with Crippen LogP contribution in [-0.2, 0) is 0 Å². The fraction of sp³-hybridized carbons (Fsp3) is 0.222. The Morgan fingerprint density at radius 3 is 3.00 bits per heavy atom. The molecular formula is C9H10N2O. The maximum absolute atomic E-state index is 5.16. The number of hydrogen-bond donors (Lipinski definition) is 0. The maximum Gasteiger partial charge on any atom is 0.198 e. The van der Waals surface area contributed by atoms with Crippen molar-refractivity contribution in [3.63, 3.8) is 0 Å². The van der Waals surface area contributed by atoms with E-state index in [0.29, 0.717) is 0 Å². The SMILES string of the molecule is COc1ccc(C)c2nccn12. The summed E-state index contributed by atoms with van der Waals surface area (Å²) in [5.74, 6) is 0.813. The third-order valence-corrected chi connectivity index (χ3v) is 1.92. The highest BCUT2D eigenvalue weighted by Crippen LogP contribution is 2.16. The number of aryl methyl sites for hydroxylation is 1. The van der Waals surface area contributed by atoms with Crippen LogP contribution in [0.25, 0.3) is 5.65 Å². The van der Waals surface area contributed by atoms with E-state index in [1.165, 1.54) is 0 Å². The molecule has 2 aromatic rings. The van der Waals surface area contributed by atoms with Gasteiger partial charge in [-0.3, -0.25) is 4.40 Å². The molecule has 0 aliphatic carbocycles. The van der Waals surface area contributed by atoms with Crippen molar-refractivity contribution in [3.8, 4) is 5.88 Å². The molecule has 0 atom stereocenters. The van der Waals surface area contributed by atoms with E-state index in [-0.39, 0.29) is 0 Å². The number of pyridine rings is 1. The van der Waals surface area contributed by atoms with E-state index in [1.54, 1.807) is 13.3 Å². The van der Waals surface area contributed by atoms with Crippen molar-refractivity contribution in [2.45, 2.75) is 6.92 Å². The Balaban J connectivity index is 2.82. The summed E-state index contributed by atoms with van der Waals surface area (Å²) in [7, 11) is 1.66. The van der Waals surface area contributed by atoms with Gasteiger partial charge in [-0.15, -0.1) is 0 Å². The van der Waals surface area contributed by atoms with Crippen molar-refractivity contribution >= 4 is 5.65 Å². The van der Waals surface area contributed by atoms with Crippen LogP contribution in [-0.4, -0.2) is 16.5 Å². The lowest BCUT2D eigenvalue weighted by atomic mass is 10.3. The topological polar surface area (TPSA) is 26.5 Å². The molecule has 0 unspecified atom stereocenters. The number of fused-ring (bicyclic) bond motifs is 1. The average Bonchev–Trinajstić information content (AvgIpc) is 2.54. The molecule has 0 fully saturated rings. The van der Waals surface area contributed by atoms with E-state index < -0.39 is 0 Å². The van der Waals surface area contributed by atoms with E-state index in [2.05, 4.69) is 4.98 Å². The number of ether oxygens (including phenoxy) is 1. The van der Waals surface area contributed by atoms with Crippen LogP contribution in [0.15, 0.2) is 24.5 Å². The summed E-state index contributed by atoms with van der Waals surface area (Å²) in [6.07, 6.45) is 3.66. The van der Waals surface area contributed by atoms with E-state index in [4.69, 9.17) is 4.74 Å². The van der Waals surface area contributed by atoms with Crippen molar-refractivity contribution in [1.29, 1.82) is 0 Å². The minimum atomic E-state index is 0.813. The highest BCUT2D eigenvalue weighted by atomic mass is 16.5. The molecule has 3 nitrogen and oxygen atoms in total. The summed E-state index contributed by atoms with van der Waals surface area (Å²) < 4.78 is 7.09. The van der Waals surface area contributed by atoms with Crippen molar-refractivity contribution < 1.29 is 4.74 Å². The molecule has 0 spiro atoms. The average molecular weight is 162 g/mol. The summed E-state index contributed by atoms with van der Waals surface area (Å²) in [6.45, 7) is 2.03. The molecule has 0 aliphatic rings. The largest absolute Gasteiger partial charge is 0.482 e. The highest BCUT2D eigenvalue weighted by Gasteiger charge is 2.01. The summed E-state index contributed by atoms with van der Waals surface area (Å²) in [4.78, 5) is 4.21. The second-order valence-corrected chi connectivity index (χ2v) is 2.68. The molecule has 2 rings (SSSR count). The zero-order chi connectivity index (χ0) is 8.55. The Morgan fingerprint density at radius 1 is 1.42 bits per heavy atom. The predicted molar refractivity (Wildman–Crippen MR) is 46.5 cm³/mol. The van der Waals surface area contributed by atoms with Gasteiger partial charge < -0.3 is 4.74 Å². The molecule has 62 valence electrons. The highest BCUT2D eigenvalue weighted by molar-refractivity contribution is 5.49. The molecule has 0 N–H and O–H groups in total. The van der Waals surface area contributed by atoms with Crippen molar-refractivity contribution in [2.75, 3.05) is 7.11 Å². The fourth-order valence-corrected chi connectivity index (χ4v) is 1.29. The van der Waals surface area contributed by atoms with E-state index >= 15 is 0 Å². The Labute approximate surface area is 70.6 Å². The first-order chi connectivity index (χ1) is 5.83. The first-order valence-electron chi connectivity index (χ1n) is 3.79. The van der Waals surface area contributed by atoms with Crippen molar-refractivity contribution in [1.82, 2.24) is 9.38 Å². The van der Waals surface area contributed by atoms with Crippen LogP contribution < -0.4 is 4.74 Å². The third kappa shape index (κ3) is 0.863. The minimum Gasteiger partial charge on any atom is -0.482 e. The van der Waals surface area contributed by atoms with Crippen molar-refractivity contribution in [2.24, 2.45) is 0 Å². The number of rotatable bonds is 1. The van der Waals surface area contributed by atoms with Crippen molar-refractivity contribution in [3.05, 3.63) is 30.1 Å². The third-order valence-electron chi connectivity index (χ3n) is 1.92. The summed E-state index contributed by atoms with van der Waals surface area (Å²) >= 11 is 0. The number of hydrogen-bond acceptors (Lipinski definition) is 2. The molecule has 0 radical (unpaired) electrons. The van der Waals surface area contributed by atoms with E-state index in [9.17, 15) is 0 Å². The molecule has 2 aromatic heterocycles. The number of aromatic nitrogens is 2. The molecule has 0 saturated heterocycles. The van der Waals surface area contributed by atoms with Gasteiger partial charge in [0.05, 0.1) is 7.11 Å². The summed E-state index contributed by atoms with van der Waals surface area (Å²) in [5.41, 5.74) is 2.11. The predicted octanol–water partition coefficient (Wildman–Crippen LogP) is 1.65. The lowest BCUT2D eigenvalue weighted by Crippen LogP contribution is -1.93. The summed E-state index contributed by atoms with van der Waals surface area (Å²) in [6, 6.07) is 3.94. The number of imidazole rings is 1. The van der Waals surface area contributed by atoms with E-state index in [0.717, 1.165) is 17.1 Å². The van der Waals surface area contributed by atoms with Crippen LogP contribution in [0.5, 0.6) is 5.88 Å². The van der Waals surface area contributed by atoms with Gasteiger partial charge in [-0.2, -0.15) is 0 Å². The molecule has 2 heterocycles. The van der Waals surface area contributed by atoms with Gasteiger partial charge in [-0.05, 0) is 18.6 Å². The number of nitrogens with zero attached hydrogens (tertiary/aromatic N) is 2. The molecule has 0 aliphatic heterocycles. The van der Waals surface area contributed by atoms with Gasteiger partial charge in [0.2, 0.25) is 0 Å². The molecule has 3 heteroatoms. The zero-order valence-electron chi connectivity index (χ0n) is 7.11. The second kappa shape index (κ2) is 2.52. The Morgan fingerprint density at radius 2 is 2.25 bits per heavy atom. The van der Waals surface area contributed by atoms with Gasteiger partial charge in [-0.25, -0.2) is 4.98 Å². The lowest BCUT2D eigenvalue weighted by molar-refractivity contribution is 0.392. The van der Waals surface area contributed by atoms with Gasteiger partial charge in [0, 0.05) is 12.4 Å². The minimum absolute atomic E-state index is 0.813. The normalized spacial score (nSPS) is 10.5. The zero-order valence-corrected chi connectivity index (χ0v) is 7.11. The molecule has 12 heavy (non-hydrogen) atoms. The quantitative estimate of drug-likeness (QED) is 0.637. The molecular weight excluding hydrogens is 152 g/mol. The monoisotopic (exact) mass is 162 g/mol. The van der Waals surface area contributed by atoms with Crippen LogP contribution >= 0.6 is 0 Å². The Bertz CT molecular complexity index is 406. The van der Waals surface area contributed by atoms with Crippen LogP contribution in [0.1, 0.15) is 5.56 Å². The lowest BCUT2D eigenvalue weighted by Gasteiger charge is -2.04. The Hall–Kier alpha value is -1.51. The van der Waals surface area contributed by atoms with E-state index in [1.807, 2.05) is 29.7 Å². The summed E-state index contributed by atoms with van der Waals surface area (Å²) in [5, 5.41) is 0. The molecule has 0 amide bonds. The van der Waals surface area contributed by atoms with Crippen LogP contribution in [0.3, 0.4) is 0 Å². The maximum atomic E-state index is 5.16. The van der Waals surface area contributed by atoms with Gasteiger partial charge in [0.25, 0.3) is 0 Å². The fourth-order valence-electron chi connectivity index (χ4n) is 1.29. The van der Waals surface area contributed by atoms with Gasteiger partial charge in [0.1, 0.15) is 5.65 Å². The molecule has 0 aromatic carbocycles. The van der Waals surface area contributed by atoms with Crippen LogP contribution in [0.4, 0.5) is 0 Å². The molecule has 0 saturated carbocycles. The Kier molecular flexibility index (Phi) is 1.50. The van der Waals surface area contributed by atoms with Gasteiger partial charge >= 0.3 is 0 Å². The first kappa shape index (κ1) is 7.16. The second-order valence-electron chi connectivity index (χ2n) is 2.68. The standard InChI is InChI=1S/C9H10N2O/c1-7-3-4-8(12-2)11-6-5-10-9(7)11/h3-6H,1-2H3. The number of methoxy groups -OCH3 is 1. The first-order valence-corrected chi connectivity index (χ1v) is 3.79.